The first kappa shape index (κ1) is 18.0. The van der Waals surface area contributed by atoms with Gasteiger partial charge in [0.05, 0.1) is 6.54 Å². The first-order valence-electron chi connectivity index (χ1n) is 8.10. The van der Waals surface area contributed by atoms with Gasteiger partial charge in [-0.05, 0) is 31.0 Å². The van der Waals surface area contributed by atoms with Crippen LogP contribution in [0.3, 0.4) is 0 Å². The van der Waals surface area contributed by atoms with Crippen molar-refractivity contribution in [2.24, 2.45) is 0 Å². The monoisotopic (exact) mass is 366 g/mol. The largest absolute Gasteiger partial charge is 0.458 e. The highest BCUT2D eigenvalue weighted by atomic mass is 19.4. The van der Waals surface area contributed by atoms with Gasteiger partial charge in [-0.25, -0.2) is 9.78 Å². The van der Waals surface area contributed by atoms with Gasteiger partial charge >= 0.3 is 18.2 Å². The number of amides is 2. The number of nitrogens with one attached hydrogen (secondary N) is 1. The van der Waals surface area contributed by atoms with Crippen LogP contribution in [-0.4, -0.2) is 40.1 Å². The molecule has 0 aliphatic carbocycles. The molecule has 26 heavy (non-hydrogen) atoms. The van der Waals surface area contributed by atoms with Crippen molar-refractivity contribution >= 4 is 11.7 Å². The molecule has 1 fully saturated rings. The van der Waals surface area contributed by atoms with E-state index in [-0.39, 0.29) is 18.6 Å². The lowest BCUT2D eigenvalue weighted by Gasteiger charge is -2.32. The van der Waals surface area contributed by atoms with Crippen LogP contribution in [0.4, 0.5) is 23.7 Å². The van der Waals surface area contributed by atoms with Gasteiger partial charge in [0.2, 0.25) is 0 Å². The number of likely N-dealkylation sites (tertiary alicyclic amines) is 1. The van der Waals surface area contributed by atoms with E-state index in [1.807, 2.05) is 18.2 Å². The molecule has 2 heterocycles. The normalized spacial score (nSPS) is 17.7. The third-order valence-electron chi connectivity index (χ3n) is 3.89. The fourth-order valence-electron chi connectivity index (χ4n) is 2.65. The standard InChI is InChI=1S/C17H17F3N4O2/c18-17(19,20)14-8-9-21-15(23-14)26-13-7-4-10-24(11-13)16(25)22-12-5-2-1-3-6-12/h1-3,5-6,8-9,13H,4,7,10-11H2,(H,22,25). The predicted molar refractivity (Wildman–Crippen MR) is 87.7 cm³/mol. The molecule has 0 radical (unpaired) electrons. The molecule has 0 saturated carbocycles. The number of carbonyl (C=O) groups excluding carboxylic acids is 1. The van der Waals surface area contributed by atoms with Crippen LogP contribution in [0.5, 0.6) is 6.01 Å². The lowest BCUT2D eigenvalue weighted by atomic mass is 10.1. The molecular weight excluding hydrogens is 349 g/mol. The van der Waals surface area contributed by atoms with Crippen molar-refractivity contribution in [3.05, 3.63) is 48.3 Å². The van der Waals surface area contributed by atoms with Crippen LogP contribution in [0.15, 0.2) is 42.6 Å². The average molecular weight is 366 g/mol. The van der Waals surface area contributed by atoms with E-state index in [0.29, 0.717) is 25.1 Å². The summed E-state index contributed by atoms with van der Waals surface area (Å²) in [6.07, 6.45) is -2.74. The number of benzene rings is 1. The lowest BCUT2D eigenvalue weighted by Crippen LogP contribution is -2.46. The number of hydrogen-bond acceptors (Lipinski definition) is 4. The third kappa shape index (κ3) is 4.62. The van der Waals surface area contributed by atoms with Crippen molar-refractivity contribution < 1.29 is 22.7 Å². The number of halogens is 3. The molecular formula is C17H17F3N4O2. The van der Waals surface area contributed by atoms with Crippen LogP contribution in [0.2, 0.25) is 0 Å². The Labute approximate surface area is 148 Å². The highest BCUT2D eigenvalue weighted by Gasteiger charge is 2.33. The van der Waals surface area contributed by atoms with Gasteiger partial charge in [0.1, 0.15) is 6.10 Å². The van der Waals surface area contributed by atoms with Crippen molar-refractivity contribution in [1.29, 1.82) is 0 Å². The molecule has 0 spiro atoms. The molecule has 6 nitrogen and oxygen atoms in total. The minimum atomic E-state index is -4.56. The van der Waals surface area contributed by atoms with E-state index in [1.54, 1.807) is 17.0 Å². The lowest BCUT2D eigenvalue weighted by molar-refractivity contribution is -0.141. The SMILES string of the molecule is O=C(Nc1ccccc1)N1CCCC(Oc2nccc(C(F)(F)F)n2)C1. The number of para-hydroxylation sites is 1. The topological polar surface area (TPSA) is 67.4 Å². The van der Waals surface area contributed by atoms with Gasteiger partial charge in [0.15, 0.2) is 5.69 Å². The van der Waals surface area contributed by atoms with Crippen molar-refractivity contribution in [3.8, 4) is 6.01 Å². The van der Waals surface area contributed by atoms with Crippen LogP contribution in [0.1, 0.15) is 18.5 Å². The highest BCUT2D eigenvalue weighted by molar-refractivity contribution is 5.89. The molecule has 0 bridgehead atoms. The molecule has 1 aliphatic rings. The summed E-state index contributed by atoms with van der Waals surface area (Å²) in [4.78, 5) is 21.0. The number of rotatable bonds is 3. The minimum absolute atomic E-state index is 0.248. The number of urea groups is 1. The number of nitrogens with zero attached hydrogens (tertiary/aromatic N) is 3. The van der Waals surface area contributed by atoms with Gasteiger partial charge < -0.3 is 15.0 Å². The predicted octanol–water partition coefficient (Wildman–Crippen LogP) is 3.57. The van der Waals surface area contributed by atoms with Crippen molar-refractivity contribution in [1.82, 2.24) is 14.9 Å². The Morgan fingerprint density at radius 3 is 2.73 bits per heavy atom. The van der Waals surface area contributed by atoms with E-state index in [2.05, 4.69) is 15.3 Å². The molecule has 9 heteroatoms. The van der Waals surface area contributed by atoms with E-state index in [9.17, 15) is 18.0 Å². The maximum Gasteiger partial charge on any atom is 0.433 e. The number of alkyl halides is 3. The zero-order valence-electron chi connectivity index (χ0n) is 13.7. The van der Waals surface area contributed by atoms with Gasteiger partial charge in [0.25, 0.3) is 0 Å². The second kappa shape index (κ2) is 7.59. The Bertz CT molecular complexity index is 755. The molecule has 1 N–H and O–H groups in total. The highest BCUT2D eigenvalue weighted by Crippen LogP contribution is 2.28. The van der Waals surface area contributed by atoms with Crippen molar-refractivity contribution in [3.63, 3.8) is 0 Å². The van der Waals surface area contributed by atoms with Crippen molar-refractivity contribution in [2.45, 2.75) is 25.1 Å². The summed E-state index contributed by atoms with van der Waals surface area (Å²) in [6.45, 7) is 0.792. The van der Waals surface area contributed by atoms with E-state index in [1.165, 1.54) is 0 Å². The Morgan fingerprint density at radius 1 is 1.23 bits per heavy atom. The second-order valence-corrected chi connectivity index (χ2v) is 5.85. The Morgan fingerprint density at radius 2 is 2.00 bits per heavy atom. The molecule has 1 saturated heterocycles. The second-order valence-electron chi connectivity index (χ2n) is 5.85. The molecule has 1 aliphatic heterocycles. The molecule has 3 rings (SSSR count). The summed E-state index contributed by atoms with van der Waals surface area (Å²) < 4.78 is 43.6. The fourth-order valence-corrected chi connectivity index (χ4v) is 2.65. The minimum Gasteiger partial charge on any atom is -0.458 e. The molecule has 1 aromatic carbocycles. The zero-order valence-corrected chi connectivity index (χ0v) is 13.7. The Hall–Kier alpha value is -2.84. The number of ether oxygens (including phenoxy) is 1. The molecule has 138 valence electrons. The van der Waals surface area contributed by atoms with Gasteiger partial charge in [-0.15, -0.1) is 0 Å². The molecule has 1 unspecified atom stereocenters. The van der Waals surface area contributed by atoms with Crippen LogP contribution in [-0.2, 0) is 6.18 Å². The van der Waals surface area contributed by atoms with Crippen LogP contribution in [0, 0.1) is 0 Å². The number of piperidine rings is 1. The molecule has 1 atom stereocenters. The van der Waals surface area contributed by atoms with E-state index < -0.39 is 18.0 Å². The maximum absolute atomic E-state index is 12.7. The fraction of sp³-hybridized carbons (Fsp3) is 0.353. The molecule has 2 aromatic rings. The van der Waals surface area contributed by atoms with Crippen LogP contribution in [0.25, 0.3) is 0 Å². The summed E-state index contributed by atoms with van der Waals surface area (Å²) in [6, 6.07) is 9.16. The number of hydrogen-bond donors (Lipinski definition) is 1. The van der Waals surface area contributed by atoms with Crippen LogP contribution >= 0.6 is 0 Å². The quantitative estimate of drug-likeness (QED) is 0.902. The third-order valence-corrected chi connectivity index (χ3v) is 3.89. The maximum atomic E-state index is 12.7. The smallest absolute Gasteiger partial charge is 0.433 e. The van der Waals surface area contributed by atoms with Crippen LogP contribution < -0.4 is 10.1 Å². The molecule has 1 aromatic heterocycles. The average Bonchev–Trinajstić information content (AvgIpc) is 2.62. The number of carbonyl (C=O) groups is 1. The van der Waals surface area contributed by atoms with E-state index >= 15 is 0 Å². The zero-order chi connectivity index (χ0) is 18.6. The van der Waals surface area contributed by atoms with Gasteiger partial charge in [-0.1, -0.05) is 18.2 Å². The van der Waals surface area contributed by atoms with Gasteiger partial charge in [0, 0.05) is 18.4 Å². The summed E-state index contributed by atoms with van der Waals surface area (Å²) in [5, 5.41) is 2.78. The summed E-state index contributed by atoms with van der Waals surface area (Å²) >= 11 is 0. The van der Waals surface area contributed by atoms with Gasteiger partial charge in [-0.3, -0.25) is 0 Å². The van der Waals surface area contributed by atoms with E-state index in [4.69, 9.17) is 4.74 Å². The number of aromatic nitrogens is 2. The Kier molecular flexibility index (Phi) is 5.24. The summed E-state index contributed by atoms with van der Waals surface area (Å²) in [7, 11) is 0. The number of anilines is 1. The first-order valence-corrected chi connectivity index (χ1v) is 8.10. The van der Waals surface area contributed by atoms with Gasteiger partial charge in [-0.2, -0.15) is 18.2 Å². The van der Waals surface area contributed by atoms with Crippen molar-refractivity contribution in [2.75, 3.05) is 18.4 Å². The summed E-state index contributed by atoms with van der Waals surface area (Å²) in [5.41, 5.74) is -0.390. The Balaban J connectivity index is 1.61. The summed E-state index contributed by atoms with van der Waals surface area (Å²) in [5.74, 6) is 0. The molecule has 2 amide bonds. The first-order chi connectivity index (χ1) is 12.4. The van der Waals surface area contributed by atoms with E-state index in [0.717, 1.165) is 12.3 Å².